The van der Waals surface area contributed by atoms with Crippen LogP contribution in [0.2, 0.25) is 0 Å². The van der Waals surface area contributed by atoms with E-state index in [4.69, 9.17) is 9.84 Å². The van der Waals surface area contributed by atoms with Crippen molar-refractivity contribution in [2.45, 2.75) is 12.7 Å². The highest BCUT2D eigenvalue weighted by Gasteiger charge is 2.31. The van der Waals surface area contributed by atoms with E-state index < -0.39 is 30.3 Å². The zero-order chi connectivity index (χ0) is 24.0. The third-order valence-electron chi connectivity index (χ3n) is 4.56. The van der Waals surface area contributed by atoms with Crippen molar-refractivity contribution in [3.63, 3.8) is 0 Å². The number of anilines is 1. The minimum atomic E-state index is -4.58. The van der Waals surface area contributed by atoms with Gasteiger partial charge in [-0.05, 0) is 47.5 Å². The van der Waals surface area contributed by atoms with Gasteiger partial charge in [-0.25, -0.2) is 14.6 Å². The number of pyridine rings is 1. The average Bonchev–Trinajstić information content (AvgIpc) is 2.77. The summed E-state index contributed by atoms with van der Waals surface area (Å²) in [5, 5.41) is 11.5. The Morgan fingerprint density at radius 3 is 2.55 bits per heavy atom. The van der Waals surface area contributed by atoms with E-state index in [-0.39, 0.29) is 17.9 Å². The molecule has 0 bridgehead atoms. The number of carboxylic acids is 1. The molecule has 33 heavy (non-hydrogen) atoms. The molecule has 0 atom stereocenters. The number of benzene rings is 2. The van der Waals surface area contributed by atoms with E-state index >= 15 is 0 Å². The summed E-state index contributed by atoms with van der Waals surface area (Å²) in [6.45, 7) is -0.536. The molecule has 0 unspecified atom stereocenters. The van der Waals surface area contributed by atoms with Crippen molar-refractivity contribution in [1.29, 1.82) is 0 Å². The molecule has 0 aliphatic carbocycles. The molecule has 3 rings (SSSR count). The van der Waals surface area contributed by atoms with Gasteiger partial charge in [0.15, 0.2) is 6.61 Å². The van der Waals surface area contributed by atoms with Crippen molar-refractivity contribution in [3.05, 3.63) is 78.0 Å². The number of amides is 2. The van der Waals surface area contributed by atoms with Gasteiger partial charge in [0.2, 0.25) is 0 Å². The van der Waals surface area contributed by atoms with E-state index in [0.29, 0.717) is 16.9 Å². The lowest BCUT2D eigenvalue weighted by Gasteiger charge is -2.19. The summed E-state index contributed by atoms with van der Waals surface area (Å²) in [7, 11) is 1.57. The highest BCUT2D eigenvalue weighted by Crippen LogP contribution is 2.37. The molecule has 3 aromatic rings. The molecular weight excluding hydrogens is 439 g/mol. The molecule has 10 heteroatoms. The summed E-state index contributed by atoms with van der Waals surface area (Å²) in [5.74, 6) is -0.869. The lowest BCUT2D eigenvalue weighted by molar-refractivity contribution is -0.140. The van der Waals surface area contributed by atoms with Crippen LogP contribution in [-0.2, 0) is 17.5 Å². The van der Waals surface area contributed by atoms with Gasteiger partial charge in [0.25, 0.3) is 0 Å². The van der Waals surface area contributed by atoms with Crippen LogP contribution in [0.1, 0.15) is 11.1 Å². The fourth-order valence-electron chi connectivity index (χ4n) is 3.02. The maximum atomic E-state index is 13.3. The molecule has 7 nitrogen and oxygen atoms in total. The van der Waals surface area contributed by atoms with Crippen LogP contribution in [0.15, 0.2) is 66.9 Å². The number of hydrogen-bond acceptors (Lipinski definition) is 4. The van der Waals surface area contributed by atoms with Crippen molar-refractivity contribution < 1.29 is 32.6 Å². The molecule has 2 aromatic carbocycles. The van der Waals surface area contributed by atoms with Gasteiger partial charge >= 0.3 is 18.2 Å². The fraction of sp³-hybridized carbons (Fsp3) is 0.174. The number of carboxylic acid groups (broad SMARTS) is 1. The van der Waals surface area contributed by atoms with E-state index in [1.54, 1.807) is 49.5 Å². The van der Waals surface area contributed by atoms with Gasteiger partial charge in [-0.1, -0.05) is 24.3 Å². The minimum Gasteiger partial charge on any atom is -0.481 e. The zero-order valence-electron chi connectivity index (χ0n) is 17.5. The van der Waals surface area contributed by atoms with Gasteiger partial charge < -0.3 is 14.7 Å². The number of ether oxygens (including phenoxy) is 1. The minimum absolute atomic E-state index is 0.00352. The third-order valence-corrected chi connectivity index (χ3v) is 4.56. The number of alkyl halides is 3. The Labute approximate surface area is 187 Å². The van der Waals surface area contributed by atoms with Crippen LogP contribution in [0.5, 0.6) is 5.75 Å². The second-order valence-electron chi connectivity index (χ2n) is 7.09. The first kappa shape index (κ1) is 23.6. The number of aromatic nitrogens is 1. The maximum absolute atomic E-state index is 13.3. The number of nitrogens with one attached hydrogen (secondary N) is 1. The second kappa shape index (κ2) is 10.0. The molecule has 0 aliphatic rings. The SMILES string of the molecule is CN(Cc1cccc(-c2cc(C(F)(F)F)ccc2OCC(=O)O)c1)C(=O)Nc1ccccn1. The van der Waals surface area contributed by atoms with Crippen molar-refractivity contribution in [2.75, 3.05) is 19.0 Å². The smallest absolute Gasteiger partial charge is 0.416 e. The summed E-state index contributed by atoms with van der Waals surface area (Å²) in [6, 6.07) is 14.1. The topological polar surface area (TPSA) is 91.8 Å². The summed E-state index contributed by atoms with van der Waals surface area (Å²) in [5.41, 5.74) is 0.233. The summed E-state index contributed by atoms with van der Waals surface area (Å²) >= 11 is 0. The number of rotatable bonds is 7. The highest BCUT2D eigenvalue weighted by molar-refractivity contribution is 5.88. The summed E-state index contributed by atoms with van der Waals surface area (Å²) in [4.78, 5) is 28.7. The van der Waals surface area contributed by atoms with Crippen LogP contribution in [-0.4, -0.2) is 40.6 Å². The Balaban J connectivity index is 1.85. The molecule has 2 amide bonds. The van der Waals surface area contributed by atoms with Crippen LogP contribution < -0.4 is 10.1 Å². The molecule has 2 N–H and O–H groups in total. The van der Waals surface area contributed by atoms with Gasteiger partial charge in [-0.15, -0.1) is 0 Å². The van der Waals surface area contributed by atoms with E-state index in [1.807, 2.05) is 0 Å². The van der Waals surface area contributed by atoms with E-state index in [1.165, 1.54) is 11.1 Å². The van der Waals surface area contributed by atoms with Crippen LogP contribution in [0.3, 0.4) is 0 Å². The Bertz CT molecular complexity index is 1140. The Hall–Kier alpha value is -4.08. The predicted octanol–water partition coefficient (Wildman–Crippen LogP) is 4.89. The molecule has 1 aromatic heterocycles. The standard InChI is InChI=1S/C23H20F3N3O4/c1-29(22(32)28-20-7-2-3-10-27-20)13-15-5-4-6-16(11-15)18-12-17(23(24,25)26)8-9-19(18)33-14-21(30)31/h2-12H,13-14H2,1H3,(H,30,31)(H,27,28,32). The van der Waals surface area contributed by atoms with E-state index in [0.717, 1.165) is 18.2 Å². The largest absolute Gasteiger partial charge is 0.481 e. The number of halogens is 3. The number of nitrogens with zero attached hydrogens (tertiary/aromatic N) is 2. The summed E-state index contributed by atoms with van der Waals surface area (Å²) in [6.07, 6.45) is -3.04. The molecule has 0 saturated carbocycles. The molecule has 0 radical (unpaired) electrons. The molecular formula is C23H20F3N3O4. The highest BCUT2D eigenvalue weighted by atomic mass is 19.4. The predicted molar refractivity (Wildman–Crippen MR) is 115 cm³/mol. The number of urea groups is 1. The zero-order valence-corrected chi connectivity index (χ0v) is 17.5. The third kappa shape index (κ3) is 6.45. The first-order valence-corrected chi connectivity index (χ1v) is 9.72. The van der Waals surface area contributed by atoms with Crippen LogP contribution >= 0.6 is 0 Å². The van der Waals surface area contributed by atoms with E-state index in [9.17, 15) is 22.8 Å². The van der Waals surface area contributed by atoms with Gasteiger partial charge in [0, 0.05) is 25.4 Å². The molecule has 0 saturated heterocycles. The molecule has 172 valence electrons. The molecule has 1 heterocycles. The monoisotopic (exact) mass is 459 g/mol. The number of hydrogen-bond donors (Lipinski definition) is 2. The lowest BCUT2D eigenvalue weighted by atomic mass is 9.99. The first-order valence-electron chi connectivity index (χ1n) is 9.72. The van der Waals surface area contributed by atoms with E-state index in [2.05, 4.69) is 10.3 Å². The van der Waals surface area contributed by atoms with Crippen molar-refractivity contribution in [1.82, 2.24) is 9.88 Å². The van der Waals surface area contributed by atoms with Gasteiger partial charge in [0.05, 0.1) is 5.56 Å². The van der Waals surface area contributed by atoms with Gasteiger partial charge in [0.1, 0.15) is 11.6 Å². The molecule has 0 fully saturated rings. The first-order chi connectivity index (χ1) is 15.6. The molecule has 0 spiro atoms. The van der Waals surface area contributed by atoms with Crippen LogP contribution in [0, 0.1) is 0 Å². The average molecular weight is 459 g/mol. The van der Waals surface area contributed by atoms with Crippen LogP contribution in [0.4, 0.5) is 23.8 Å². The quantitative estimate of drug-likeness (QED) is 0.525. The Morgan fingerprint density at radius 2 is 1.88 bits per heavy atom. The van der Waals surface area contributed by atoms with Gasteiger partial charge in [-0.2, -0.15) is 13.2 Å². The Morgan fingerprint density at radius 1 is 1.09 bits per heavy atom. The van der Waals surface area contributed by atoms with Crippen LogP contribution in [0.25, 0.3) is 11.1 Å². The number of carbonyl (C=O) groups excluding carboxylic acids is 1. The normalized spacial score (nSPS) is 11.0. The number of carbonyl (C=O) groups is 2. The lowest BCUT2D eigenvalue weighted by Crippen LogP contribution is -2.31. The Kier molecular flexibility index (Phi) is 7.17. The van der Waals surface area contributed by atoms with Gasteiger partial charge in [-0.3, -0.25) is 5.32 Å². The summed E-state index contributed by atoms with van der Waals surface area (Å²) < 4.78 is 45.0. The van der Waals surface area contributed by atoms with Crippen molar-refractivity contribution in [2.24, 2.45) is 0 Å². The van der Waals surface area contributed by atoms with Crippen molar-refractivity contribution in [3.8, 4) is 16.9 Å². The maximum Gasteiger partial charge on any atom is 0.416 e. The van der Waals surface area contributed by atoms with Crippen molar-refractivity contribution >= 4 is 17.8 Å². The second-order valence-corrected chi connectivity index (χ2v) is 7.09. The molecule has 0 aliphatic heterocycles. The fourth-order valence-corrected chi connectivity index (χ4v) is 3.02. The number of aliphatic carboxylic acids is 1.